The predicted octanol–water partition coefficient (Wildman–Crippen LogP) is 2.05. The first kappa shape index (κ1) is 8.06. The van der Waals surface area contributed by atoms with Crippen LogP contribution >= 0.6 is 0 Å². The highest BCUT2D eigenvalue weighted by molar-refractivity contribution is 4.81. The van der Waals surface area contributed by atoms with Gasteiger partial charge in [-0.05, 0) is 30.6 Å². The number of aliphatic hydroxyl groups is 1. The van der Waals surface area contributed by atoms with Gasteiger partial charge in [0.15, 0.2) is 0 Å². The van der Waals surface area contributed by atoms with Gasteiger partial charge < -0.3 is 5.11 Å². The quantitative estimate of drug-likeness (QED) is 0.594. The molecule has 1 aliphatic carbocycles. The molecule has 3 atom stereocenters. The van der Waals surface area contributed by atoms with Crippen molar-refractivity contribution in [3.8, 4) is 0 Å². The minimum absolute atomic E-state index is 0.0209. The van der Waals surface area contributed by atoms with Crippen molar-refractivity contribution in [2.75, 3.05) is 0 Å². The van der Waals surface area contributed by atoms with E-state index in [-0.39, 0.29) is 6.10 Å². The van der Waals surface area contributed by atoms with E-state index in [1.165, 1.54) is 6.42 Å². The molecule has 0 aromatic carbocycles. The summed E-state index contributed by atoms with van der Waals surface area (Å²) < 4.78 is 0. The summed E-state index contributed by atoms with van der Waals surface area (Å²) in [7, 11) is 0. The second-order valence-electron chi connectivity index (χ2n) is 4.02. The Labute approximate surface area is 63.4 Å². The first-order valence-corrected chi connectivity index (χ1v) is 4.29. The van der Waals surface area contributed by atoms with E-state index in [0.29, 0.717) is 5.92 Å². The Hall–Kier alpha value is -0.0400. The van der Waals surface area contributed by atoms with Gasteiger partial charge in [0.2, 0.25) is 0 Å². The molecule has 1 fully saturated rings. The molecule has 0 spiro atoms. The first-order chi connectivity index (χ1) is 4.61. The third kappa shape index (κ3) is 1.51. The maximum absolute atomic E-state index is 9.42. The predicted molar refractivity (Wildman–Crippen MR) is 42.7 cm³/mol. The third-order valence-electron chi connectivity index (χ3n) is 2.82. The summed E-state index contributed by atoms with van der Waals surface area (Å²) in [6, 6.07) is 0. The lowest BCUT2D eigenvalue weighted by molar-refractivity contribution is 0.137. The molecule has 0 saturated heterocycles. The van der Waals surface area contributed by atoms with Crippen molar-refractivity contribution < 1.29 is 5.11 Å². The number of rotatable bonds is 1. The molecule has 1 nitrogen and oxygen atoms in total. The molecular weight excluding hydrogens is 124 g/mol. The summed E-state index contributed by atoms with van der Waals surface area (Å²) in [6.07, 6.45) is 2.23. The molecule has 1 unspecified atom stereocenters. The van der Waals surface area contributed by atoms with Gasteiger partial charge in [-0.1, -0.05) is 20.8 Å². The molecule has 1 N–H and O–H groups in total. The second-order valence-corrected chi connectivity index (χ2v) is 4.02. The van der Waals surface area contributed by atoms with Crippen molar-refractivity contribution in [2.45, 2.75) is 39.7 Å². The van der Waals surface area contributed by atoms with Crippen LogP contribution in [0.2, 0.25) is 0 Å². The van der Waals surface area contributed by atoms with Gasteiger partial charge in [-0.2, -0.15) is 0 Å². The largest absolute Gasteiger partial charge is 0.393 e. The molecule has 60 valence electrons. The molecule has 0 aliphatic heterocycles. The summed E-state index contributed by atoms with van der Waals surface area (Å²) in [5.41, 5.74) is 0. The lowest BCUT2D eigenvalue weighted by Gasteiger charge is -2.12. The van der Waals surface area contributed by atoms with E-state index in [9.17, 15) is 5.11 Å². The highest BCUT2D eigenvalue weighted by Crippen LogP contribution is 2.35. The molecule has 10 heavy (non-hydrogen) atoms. The molecular formula is C9H18O. The van der Waals surface area contributed by atoms with Crippen molar-refractivity contribution in [3.05, 3.63) is 0 Å². The third-order valence-corrected chi connectivity index (χ3v) is 2.82. The van der Waals surface area contributed by atoms with Gasteiger partial charge in [0, 0.05) is 0 Å². The zero-order valence-corrected chi connectivity index (χ0v) is 7.17. The molecule has 1 rings (SSSR count). The molecule has 1 heteroatoms. The van der Waals surface area contributed by atoms with Crippen LogP contribution in [-0.4, -0.2) is 11.2 Å². The topological polar surface area (TPSA) is 20.2 Å². The van der Waals surface area contributed by atoms with E-state index in [1.54, 1.807) is 0 Å². The number of hydrogen-bond donors (Lipinski definition) is 1. The van der Waals surface area contributed by atoms with E-state index in [4.69, 9.17) is 0 Å². The van der Waals surface area contributed by atoms with Crippen LogP contribution in [0, 0.1) is 17.8 Å². The monoisotopic (exact) mass is 142 g/mol. The van der Waals surface area contributed by atoms with Gasteiger partial charge in [0.05, 0.1) is 6.10 Å². The van der Waals surface area contributed by atoms with Crippen LogP contribution in [0.5, 0.6) is 0 Å². The Bertz CT molecular complexity index is 99.3. The SMILES string of the molecule is CC(C)C1C[C@H](C)[C@@H](O)C1. The zero-order chi connectivity index (χ0) is 7.72. The summed E-state index contributed by atoms with van der Waals surface area (Å²) >= 11 is 0. The minimum atomic E-state index is -0.0209. The van der Waals surface area contributed by atoms with Gasteiger partial charge in [0.25, 0.3) is 0 Å². The fourth-order valence-corrected chi connectivity index (χ4v) is 1.82. The molecule has 1 aliphatic rings. The van der Waals surface area contributed by atoms with Crippen LogP contribution in [0.25, 0.3) is 0 Å². The molecule has 0 aromatic rings. The van der Waals surface area contributed by atoms with Gasteiger partial charge in [-0.25, -0.2) is 0 Å². The van der Waals surface area contributed by atoms with Crippen LogP contribution in [0.4, 0.5) is 0 Å². The van der Waals surface area contributed by atoms with E-state index < -0.39 is 0 Å². The maximum Gasteiger partial charge on any atom is 0.0568 e. The van der Waals surface area contributed by atoms with E-state index in [2.05, 4.69) is 20.8 Å². The highest BCUT2D eigenvalue weighted by Gasteiger charge is 2.30. The fraction of sp³-hybridized carbons (Fsp3) is 1.00. The van der Waals surface area contributed by atoms with E-state index >= 15 is 0 Å². The lowest BCUT2D eigenvalue weighted by atomic mass is 9.94. The molecule has 0 bridgehead atoms. The van der Waals surface area contributed by atoms with Crippen LogP contribution in [-0.2, 0) is 0 Å². The van der Waals surface area contributed by atoms with Crippen LogP contribution < -0.4 is 0 Å². The summed E-state index contributed by atoms with van der Waals surface area (Å²) in [4.78, 5) is 0. The number of aliphatic hydroxyl groups excluding tert-OH is 1. The van der Waals surface area contributed by atoms with Crippen LogP contribution in [0.1, 0.15) is 33.6 Å². The van der Waals surface area contributed by atoms with Crippen LogP contribution in [0.15, 0.2) is 0 Å². The normalized spacial score (nSPS) is 41.1. The second kappa shape index (κ2) is 2.91. The summed E-state index contributed by atoms with van der Waals surface area (Å²) in [5.74, 6) is 2.05. The average molecular weight is 142 g/mol. The zero-order valence-electron chi connectivity index (χ0n) is 7.17. The Morgan fingerprint density at radius 2 is 1.90 bits per heavy atom. The van der Waals surface area contributed by atoms with Crippen molar-refractivity contribution in [1.29, 1.82) is 0 Å². The molecule has 1 saturated carbocycles. The Morgan fingerprint density at radius 1 is 1.30 bits per heavy atom. The molecule has 0 amide bonds. The van der Waals surface area contributed by atoms with Gasteiger partial charge in [0.1, 0.15) is 0 Å². The van der Waals surface area contributed by atoms with E-state index in [0.717, 1.165) is 18.3 Å². The Kier molecular flexibility index (Phi) is 2.35. The Balaban J connectivity index is 2.41. The van der Waals surface area contributed by atoms with Crippen molar-refractivity contribution in [1.82, 2.24) is 0 Å². The lowest BCUT2D eigenvalue weighted by Crippen LogP contribution is -2.08. The van der Waals surface area contributed by atoms with Crippen LogP contribution in [0.3, 0.4) is 0 Å². The van der Waals surface area contributed by atoms with Crippen molar-refractivity contribution >= 4 is 0 Å². The van der Waals surface area contributed by atoms with Gasteiger partial charge in [-0.3, -0.25) is 0 Å². The van der Waals surface area contributed by atoms with Crippen molar-refractivity contribution in [3.63, 3.8) is 0 Å². The smallest absolute Gasteiger partial charge is 0.0568 e. The van der Waals surface area contributed by atoms with Gasteiger partial charge >= 0.3 is 0 Å². The maximum atomic E-state index is 9.42. The molecule has 0 radical (unpaired) electrons. The van der Waals surface area contributed by atoms with Gasteiger partial charge in [-0.15, -0.1) is 0 Å². The number of hydrogen-bond acceptors (Lipinski definition) is 1. The van der Waals surface area contributed by atoms with Crippen molar-refractivity contribution in [2.24, 2.45) is 17.8 Å². The minimum Gasteiger partial charge on any atom is -0.393 e. The Morgan fingerprint density at radius 3 is 2.10 bits per heavy atom. The molecule has 0 aromatic heterocycles. The summed E-state index contributed by atoms with van der Waals surface area (Å²) in [5, 5.41) is 9.42. The highest BCUT2D eigenvalue weighted by atomic mass is 16.3. The van der Waals surface area contributed by atoms with E-state index in [1.807, 2.05) is 0 Å². The molecule has 0 heterocycles. The standard InChI is InChI=1S/C9H18O/c1-6(2)8-4-7(3)9(10)5-8/h6-10H,4-5H2,1-3H3/t7-,8?,9-/m0/s1. The fourth-order valence-electron chi connectivity index (χ4n) is 1.82. The average Bonchev–Trinajstić information content (AvgIpc) is 2.13. The first-order valence-electron chi connectivity index (χ1n) is 4.29. The summed E-state index contributed by atoms with van der Waals surface area (Å²) in [6.45, 7) is 6.64.